The Balaban J connectivity index is 3.51. The van der Waals surface area contributed by atoms with Crippen molar-refractivity contribution in [3.63, 3.8) is 0 Å². The van der Waals surface area contributed by atoms with Crippen LogP contribution >= 0.6 is 22.6 Å². The number of allylic oxidation sites excluding steroid dienone is 2. The molecular weight excluding hydrogens is 235 g/mol. The van der Waals surface area contributed by atoms with Gasteiger partial charge in [-0.05, 0) is 23.3 Å². The predicted molar refractivity (Wildman–Crippen MR) is 56.4 cm³/mol. The third kappa shape index (κ3) is 5.03. The minimum Gasteiger partial charge on any atom is -0.103 e. The monoisotopic (exact) mass is 250 g/mol. The van der Waals surface area contributed by atoms with Crippen LogP contribution in [0.1, 0.15) is 32.6 Å². The van der Waals surface area contributed by atoms with Crippen LogP contribution in [-0.4, -0.2) is 0 Å². The summed E-state index contributed by atoms with van der Waals surface area (Å²) in [7, 11) is 0. The number of halogens is 1. The minimum absolute atomic E-state index is 1.06. The highest BCUT2D eigenvalue weighted by molar-refractivity contribution is 14.1. The number of rotatable bonds is 5. The summed E-state index contributed by atoms with van der Waals surface area (Å²) in [4.78, 5) is 0. The highest BCUT2D eigenvalue weighted by Crippen LogP contribution is 2.13. The first kappa shape index (κ1) is 10.2. The second-order valence-corrected chi connectivity index (χ2v) is 2.99. The van der Waals surface area contributed by atoms with E-state index in [9.17, 15) is 0 Å². The predicted octanol–water partition coefficient (Wildman–Crippen LogP) is 4.07. The molecule has 0 radical (unpaired) electrons. The molecule has 0 aliphatic carbocycles. The van der Waals surface area contributed by atoms with Crippen LogP contribution < -0.4 is 0 Å². The molecule has 0 aliphatic heterocycles. The fourth-order valence-corrected chi connectivity index (χ4v) is 1.36. The summed E-state index contributed by atoms with van der Waals surface area (Å²) in [5, 5.41) is 0. The zero-order valence-electron chi connectivity index (χ0n) is 6.57. The van der Waals surface area contributed by atoms with Crippen molar-refractivity contribution >= 4 is 22.6 Å². The molecule has 0 saturated heterocycles. The molecule has 0 amide bonds. The Labute approximate surface area is 77.5 Å². The van der Waals surface area contributed by atoms with E-state index in [1.54, 1.807) is 0 Å². The second kappa shape index (κ2) is 7.32. The molecule has 0 aliphatic rings. The lowest BCUT2D eigenvalue weighted by molar-refractivity contribution is 0.778. The first-order valence-corrected chi connectivity index (χ1v) is 4.98. The molecule has 0 bridgehead atoms. The molecule has 10 heavy (non-hydrogen) atoms. The van der Waals surface area contributed by atoms with Crippen molar-refractivity contribution in [2.24, 2.45) is 0 Å². The SMILES string of the molecule is C=CC/C(=C\I)CCCC. The Bertz CT molecular complexity index is 114. The highest BCUT2D eigenvalue weighted by Gasteiger charge is 1.91. The first-order valence-electron chi connectivity index (χ1n) is 3.74. The topological polar surface area (TPSA) is 0 Å². The fourth-order valence-electron chi connectivity index (χ4n) is 0.790. The van der Waals surface area contributed by atoms with Crippen molar-refractivity contribution in [1.29, 1.82) is 0 Å². The summed E-state index contributed by atoms with van der Waals surface area (Å²) in [5.74, 6) is 0. The molecule has 0 aromatic heterocycles. The van der Waals surface area contributed by atoms with Gasteiger partial charge in [0.1, 0.15) is 0 Å². The van der Waals surface area contributed by atoms with Crippen LogP contribution in [0.5, 0.6) is 0 Å². The van der Waals surface area contributed by atoms with Gasteiger partial charge in [0, 0.05) is 0 Å². The Morgan fingerprint density at radius 1 is 1.60 bits per heavy atom. The van der Waals surface area contributed by atoms with E-state index in [1.807, 2.05) is 6.08 Å². The van der Waals surface area contributed by atoms with E-state index in [-0.39, 0.29) is 0 Å². The van der Waals surface area contributed by atoms with Crippen molar-refractivity contribution in [1.82, 2.24) is 0 Å². The third-order valence-corrected chi connectivity index (χ3v) is 2.29. The maximum atomic E-state index is 3.71. The quantitative estimate of drug-likeness (QED) is 0.509. The molecule has 0 saturated carbocycles. The number of unbranched alkanes of at least 4 members (excludes halogenated alkanes) is 1. The second-order valence-electron chi connectivity index (χ2n) is 2.36. The highest BCUT2D eigenvalue weighted by atomic mass is 127. The zero-order valence-corrected chi connectivity index (χ0v) is 8.73. The van der Waals surface area contributed by atoms with Gasteiger partial charge in [-0.1, -0.05) is 47.6 Å². The van der Waals surface area contributed by atoms with Gasteiger partial charge in [0.2, 0.25) is 0 Å². The molecule has 0 rings (SSSR count). The molecule has 0 unspecified atom stereocenters. The summed E-state index contributed by atoms with van der Waals surface area (Å²) >= 11 is 2.30. The van der Waals surface area contributed by atoms with Crippen LogP contribution in [-0.2, 0) is 0 Å². The summed E-state index contributed by atoms with van der Waals surface area (Å²) < 4.78 is 2.18. The Morgan fingerprint density at radius 3 is 2.70 bits per heavy atom. The average Bonchev–Trinajstić information content (AvgIpc) is 1.98. The van der Waals surface area contributed by atoms with Crippen LogP contribution in [0.25, 0.3) is 0 Å². The van der Waals surface area contributed by atoms with Gasteiger partial charge >= 0.3 is 0 Å². The lowest BCUT2D eigenvalue weighted by Gasteiger charge is -1.99. The summed E-state index contributed by atoms with van der Waals surface area (Å²) in [6.07, 6.45) is 6.86. The lowest BCUT2D eigenvalue weighted by Crippen LogP contribution is -1.79. The summed E-state index contributed by atoms with van der Waals surface area (Å²) in [6.45, 7) is 5.93. The van der Waals surface area contributed by atoms with Gasteiger partial charge in [0.15, 0.2) is 0 Å². The lowest BCUT2D eigenvalue weighted by atomic mass is 10.1. The smallest absolute Gasteiger partial charge is 0.0134 e. The van der Waals surface area contributed by atoms with Gasteiger partial charge in [-0.25, -0.2) is 0 Å². The van der Waals surface area contributed by atoms with Crippen LogP contribution in [0.3, 0.4) is 0 Å². The van der Waals surface area contributed by atoms with Crippen LogP contribution in [0, 0.1) is 0 Å². The van der Waals surface area contributed by atoms with E-state index in [0.717, 1.165) is 6.42 Å². The molecule has 1 heteroatoms. The van der Waals surface area contributed by atoms with E-state index < -0.39 is 0 Å². The fraction of sp³-hybridized carbons (Fsp3) is 0.556. The Hall–Kier alpha value is 0.210. The molecule has 0 N–H and O–H groups in total. The third-order valence-electron chi connectivity index (χ3n) is 1.41. The average molecular weight is 250 g/mol. The molecule has 0 heterocycles. The zero-order chi connectivity index (χ0) is 7.82. The van der Waals surface area contributed by atoms with Gasteiger partial charge in [-0.15, -0.1) is 6.58 Å². The van der Waals surface area contributed by atoms with E-state index in [2.05, 4.69) is 40.2 Å². The molecule has 0 nitrogen and oxygen atoms in total. The molecule has 0 fully saturated rings. The standard InChI is InChI=1S/C9H15I/c1-3-5-7-9(8-10)6-4-2/h4,8H,2-3,5-7H2,1H3/b9-8+. The van der Waals surface area contributed by atoms with Crippen molar-refractivity contribution in [3.05, 3.63) is 22.3 Å². The van der Waals surface area contributed by atoms with Gasteiger partial charge in [0.25, 0.3) is 0 Å². The maximum Gasteiger partial charge on any atom is -0.0134 e. The summed E-state index contributed by atoms with van der Waals surface area (Å²) in [6, 6.07) is 0. The van der Waals surface area contributed by atoms with Crippen molar-refractivity contribution in [2.45, 2.75) is 32.6 Å². The van der Waals surface area contributed by atoms with Gasteiger partial charge in [0.05, 0.1) is 0 Å². The number of hydrogen-bond donors (Lipinski definition) is 0. The van der Waals surface area contributed by atoms with Crippen molar-refractivity contribution in [2.75, 3.05) is 0 Å². The molecule has 0 aromatic rings. The van der Waals surface area contributed by atoms with E-state index >= 15 is 0 Å². The molecule has 58 valence electrons. The largest absolute Gasteiger partial charge is 0.103 e. The van der Waals surface area contributed by atoms with Crippen LogP contribution in [0.4, 0.5) is 0 Å². The van der Waals surface area contributed by atoms with E-state index in [0.29, 0.717) is 0 Å². The van der Waals surface area contributed by atoms with Gasteiger partial charge in [-0.2, -0.15) is 0 Å². The minimum atomic E-state index is 1.06. The Kier molecular flexibility index (Phi) is 7.47. The normalized spacial score (nSPS) is 11.6. The molecular formula is C9H15I. The molecule has 0 aromatic carbocycles. The molecule has 0 atom stereocenters. The van der Waals surface area contributed by atoms with Gasteiger partial charge in [-0.3, -0.25) is 0 Å². The van der Waals surface area contributed by atoms with Crippen molar-refractivity contribution < 1.29 is 0 Å². The Morgan fingerprint density at radius 2 is 2.30 bits per heavy atom. The van der Waals surface area contributed by atoms with Crippen LogP contribution in [0.2, 0.25) is 0 Å². The van der Waals surface area contributed by atoms with E-state index in [4.69, 9.17) is 0 Å². The first-order chi connectivity index (χ1) is 4.85. The van der Waals surface area contributed by atoms with Crippen LogP contribution in [0.15, 0.2) is 22.3 Å². The van der Waals surface area contributed by atoms with Gasteiger partial charge < -0.3 is 0 Å². The van der Waals surface area contributed by atoms with E-state index in [1.165, 1.54) is 24.8 Å². The number of hydrogen-bond acceptors (Lipinski definition) is 0. The summed E-state index contributed by atoms with van der Waals surface area (Å²) in [5.41, 5.74) is 1.51. The van der Waals surface area contributed by atoms with Crippen molar-refractivity contribution in [3.8, 4) is 0 Å². The maximum absolute atomic E-state index is 3.71. The molecule has 0 spiro atoms.